The van der Waals surface area contributed by atoms with Gasteiger partial charge in [0.25, 0.3) is 0 Å². The maximum absolute atomic E-state index is 13.1. The van der Waals surface area contributed by atoms with Gasteiger partial charge in [-0.25, -0.2) is 4.39 Å². The number of hydrogen-bond acceptors (Lipinski definition) is 6. The average Bonchev–Trinajstić information content (AvgIpc) is 2.97. The summed E-state index contributed by atoms with van der Waals surface area (Å²) in [7, 11) is 3.15. The van der Waals surface area contributed by atoms with E-state index in [9.17, 15) is 9.18 Å². The molecule has 0 N–H and O–H groups in total. The molecule has 8 heteroatoms. The zero-order valence-electron chi connectivity index (χ0n) is 15.8. The summed E-state index contributed by atoms with van der Waals surface area (Å²) >= 11 is 1.34. The van der Waals surface area contributed by atoms with E-state index in [1.54, 1.807) is 49.6 Å². The lowest BCUT2D eigenvalue weighted by molar-refractivity contribution is -0.126. The van der Waals surface area contributed by atoms with Gasteiger partial charge in [-0.1, -0.05) is 23.9 Å². The van der Waals surface area contributed by atoms with Crippen molar-refractivity contribution in [1.29, 1.82) is 0 Å². The summed E-state index contributed by atoms with van der Waals surface area (Å²) in [4.78, 5) is 14.0. The zero-order valence-corrected chi connectivity index (χ0v) is 16.6. The minimum Gasteiger partial charge on any atom is -0.497 e. The van der Waals surface area contributed by atoms with Gasteiger partial charge in [0.05, 0.1) is 32.2 Å². The number of thioether (sulfide) groups is 1. The molecule has 1 atom stereocenters. The van der Waals surface area contributed by atoms with E-state index in [1.165, 1.54) is 23.9 Å². The number of methoxy groups -OCH3 is 2. The number of halogens is 1. The molecule has 0 spiro atoms. The number of carbonyl (C=O) groups excluding carboxylic acids is 1. The van der Waals surface area contributed by atoms with Crippen molar-refractivity contribution < 1.29 is 18.7 Å². The van der Waals surface area contributed by atoms with E-state index in [0.717, 1.165) is 11.1 Å². The quantitative estimate of drug-likeness (QED) is 0.547. The molecule has 1 amide bonds. The van der Waals surface area contributed by atoms with E-state index in [0.29, 0.717) is 23.2 Å². The predicted molar refractivity (Wildman–Crippen MR) is 109 cm³/mol. The average molecular weight is 401 g/mol. The second-order valence-corrected chi connectivity index (χ2v) is 7.35. The van der Waals surface area contributed by atoms with E-state index < -0.39 is 0 Å². The highest BCUT2D eigenvalue weighted by molar-refractivity contribution is 8.15. The van der Waals surface area contributed by atoms with Crippen molar-refractivity contribution in [2.75, 3.05) is 14.2 Å². The molecule has 146 valence electrons. The maximum Gasteiger partial charge on any atom is 0.242 e. The topological polar surface area (TPSA) is 63.5 Å². The largest absolute Gasteiger partial charge is 0.497 e. The number of rotatable bonds is 6. The van der Waals surface area contributed by atoms with Crippen molar-refractivity contribution in [3.05, 3.63) is 59.4 Å². The monoisotopic (exact) mass is 401 g/mol. The number of amides is 1. The molecule has 0 aromatic heterocycles. The van der Waals surface area contributed by atoms with Crippen LogP contribution in [0.15, 0.2) is 52.7 Å². The fourth-order valence-electron chi connectivity index (χ4n) is 2.65. The molecular weight excluding hydrogens is 381 g/mol. The second kappa shape index (κ2) is 8.88. The lowest BCUT2D eigenvalue weighted by Crippen LogP contribution is -2.30. The SMILES string of the molecule is COc1ccc(/C=N/N=C2\SC(C)C(=O)N2Cc2ccc(F)cc2)c(OC)c1. The summed E-state index contributed by atoms with van der Waals surface area (Å²) in [6.07, 6.45) is 1.56. The lowest BCUT2D eigenvalue weighted by Gasteiger charge is -2.15. The van der Waals surface area contributed by atoms with Crippen LogP contribution in [0.1, 0.15) is 18.1 Å². The Labute approximate surface area is 167 Å². The summed E-state index contributed by atoms with van der Waals surface area (Å²) < 4.78 is 23.6. The molecule has 1 saturated heterocycles. The number of benzene rings is 2. The van der Waals surface area contributed by atoms with Gasteiger partial charge in [-0.15, -0.1) is 5.10 Å². The molecule has 6 nitrogen and oxygen atoms in total. The Bertz CT molecular complexity index is 915. The van der Waals surface area contributed by atoms with Crippen molar-refractivity contribution >= 4 is 29.1 Å². The first kappa shape index (κ1) is 19.9. The Morgan fingerprint density at radius 2 is 1.93 bits per heavy atom. The van der Waals surface area contributed by atoms with Crippen LogP contribution in [0, 0.1) is 5.82 Å². The van der Waals surface area contributed by atoms with Crippen LogP contribution >= 0.6 is 11.8 Å². The normalized spacial score (nSPS) is 18.3. The third-order valence-electron chi connectivity index (χ3n) is 4.16. The number of carbonyl (C=O) groups is 1. The molecule has 1 aliphatic heterocycles. The third-order valence-corrected chi connectivity index (χ3v) is 5.23. The van der Waals surface area contributed by atoms with Crippen LogP contribution in [-0.4, -0.2) is 41.7 Å². The number of hydrogen-bond donors (Lipinski definition) is 0. The first-order chi connectivity index (χ1) is 13.5. The Morgan fingerprint density at radius 3 is 2.61 bits per heavy atom. The van der Waals surface area contributed by atoms with Gasteiger partial charge < -0.3 is 9.47 Å². The number of ether oxygens (including phenoxy) is 2. The van der Waals surface area contributed by atoms with E-state index in [1.807, 2.05) is 13.0 Å². The highest BCUT2D eigenvalue weighted by Crippen LogP contribution is 2.29. The van der Waals surface area contributed by atoms with Crippen LogP contribution in [0.2, 0.25) is 0 Å². The van der Waals surface area contributed by atoms with Gasteiger partial charge in [0.15, 0.2) is 5.17 Å². The van der Waals surface area contributed by atoms with E-state index in [2.05, 4.69) is 10.2 Å². The Kier molecular flexibility index (Phi) is 6.30. The number of nitrogens with zero attached hydrogens (tertiary/aromatic N) is 3. The van der Waals surface area contributed by atoms with Crippen LogP contribution in [0.25, 0.3) is 0 Å². The summed E-state index contributed by atoms with van der Waals surface area (Å²) in [6.45, 7) is 2.14. The maximum atomic E-state index is 13.1. The molecule has 3 rings (SSSR count). The molecule has 1 fully saturated rings. The molecule has 1 unspecified atom stereocenters. The zero-order chi connectivity index (χ0) is 20.1. The van der Waals surface area contributed by atoms with Crippen LogP contribution < -0.4 is 9.47 Å². The summed E-state index contributed by atoms with van der Waals surface area (Å²) in [5, 5.41) is 8.62. The van der Waals surface area contributed by atoms with Crippen molar-refractivity contribution in [1.82, 2.24) is 4.90 Å². The molecule has 2 aromatic carbocycles. The molecule has 1 aliphatic rings. The molecule has 2 aromatic rings. The molecule has 0 saturated carbocycles. The summed E-state index contributed by atoms with van der Waals surface area (Å²) in [5.74, 6) is 0.919. The first-order valence-electron chi connectivity index (χ1n) is 8.57. The van der Waals surface area contributed by atoms with Gasteiger partial charge in [-0.2, -0.15) is 5.10 Å². The van der Waals surface area contributed by atoms with E-state index >= 15 is 0 Å². The van der Waals surface area contributed by atoms with Crippen molar-refractivity contribution in [2.24, 2.45) is 10.2 Å². The molecule has 0 radical (unpaired) electrons. The Balaban J connectivity index is 1.80. The first-order valence-corrected chi connectivity index (χ1v) is 9.45. The highest BCUT2D eigenvalue weighted by Gasteiger charge is 2.35. The molecule has 0 aliphatic carbocycles. The van der Waals surface area contributed by atoms with E-state index in [4.69, 9.17) is 9.47 Å². The molecule has 1 heterocycles. The van der Waals surface area contributed by atoms with Crippen LogP contribution in [-0.2, 0) is 11.3 Å². The van der Waals surface area contributed by atoms with Gasteiger partial charge in [0, 0.05) is 11.6 Å². The number of amidine groups is 1. The van der Waals surface area contributed by atoms with Crippen LogP contribution in [0.3, 0.4) is 0 Å². The Morgan fingerprint density at radius 1 is 1.18 bits per heavy atom. The Hall–Kier alpha value is -2.87. The fourth-order valence-corrected chi connectivity index (χ4v) is 3.57. The fraction of sp³-hybridized carbons (Fsp3) is 0.250. The predicted octanol–water partition coefficient (Wildman–Crippen LogP) is 3.70. The minimum absolute atomic E-state index is 0.0506. The van der Waals surface area contributed by atoms with Gasteiger partial charge in [-0.05, 0) is 36.8 Å². The second-order valence-electron chi connectivity index (χ2n) is 6.05. The van der Waals surface area contributed by atoms with Gasteiger partial charge in [-0.3, -0.25) is 9.69 Å². The lowest BCUT2D eigenvalue weighted by atomic mass is 10.2. The molecule has 0 bridgehead atoms. The summed E-state index contributed by atoms with van der Waals surface area (Å²) in [5.41, 5.74) is 1.55. The standard InChI is InChI=1S/C20H20FN3O3S/c1-13-19(25)24(12-14-4-7-16(21)8-5-14)20(28-13)23-22-11-15-6-9-17(26-2)10-18(15)27-3/h4-11,13H,12H2,1-3H3/b22-11+,23-20-. The van der Waals surface area contributed by atoms with Gasteiger partial charge in [0.2, 0.25) is 5.91 Å². The van der Waals surface area contributed by atoms with E-state index in [-0.39, 0.29) is 17.0 Å². The molecule has 28 heavy (non-hydrogen) atoms. The van der Waals surface area contributed by atoms with Crippen molar-refractivity contribution in [3.63, 3.8) is 0 Å². The molecular formula is C20H20FN3O3S. The van der Waals surface area contributed by atoms with Crippen LogP contribution in [0.4, 0.5) is 4.39 Å². The van der Waals surface area contributed by atoms with Crippen molar-refractivity contribution in [2.45, 2.75) is 18.7 Å². The highest BCUT2D eigenvalue weighted by atomic mass is 32.2. The third kappa shape index (κ3) is 4.51. The van der Waals surface area contributed by atoms with Crippen molar-refractivity contribution in [3.8, 4) is 11.5 Å². The van der Waals surface area contributed by atoms with Crippen LogP contribution in [0.5, 0.6) is 11.5 Å². The van der Waals surface area contributed by atoms with Gasteiger partial charge in [0.1, 0.15) is 17.3 Å². The minimum atomic E-state index is -0.314. The summed E-state index contributed by atoms with van der Waals surface area (Å²) in [6, 6.07) is 11.4. The smallest absolute Gasteiger partial charge is 0.242 e. The van der Waals surface area contributed by atoms with Gasteiger partial charge >= 0.3 is 0 Å².